The van der Waals surface area contributed by atoms with Crippen molar-refractivity contribution in [2.75, 3.05) is 0 Å². The van der Waals surface area contributed by atoms with Gasteiger partial charge in [-0.25, -0.2) is 4.79 Å². The molecule has 0 aliphatic carbocycles. The van der Waals surface area contributed by atoms with Crippen LogP contribution in [0, 0.1) is 11.8 Å². The minimum atomic E-state index is -0.279. The molecule has 0 bridgehead atoms. The number of hydrogen-bond donors (Lipinski definition) is 0. The summed E-state index contributed by atoms with van der Waals surface area (Å²) in [7, 11) is 0. The van der Waals surface area contributed by atoms with Gasteiger partial charge in [-0.1, -0.05) is 25.5 Å². The lowest BCUT2D eigenvalue weighted by Gasteiger charge is -2.12. The average Bonchev–Trinajstić information content (AvgIpc) is 3.29. The lowest BCUT2D eigenvalue weighted by atomic mass is 9.92. The highest BCUT2D eigenvalue weighted by molar-refractivity contribution is 5.92. The molecule has 0 radical (unpaired) electrons. The van der Waals surface area contributed by atoms with E-state index in [0.29, 0.717) is 23.5 Å². The standard InChI is InChI=1S/C25H34O4/c1-18(8-6-10-22-13-14-28-17-22)7-5-9-20(3)24(26)12-11-19(2)15-23-16-21(4)25(27)29-23/h8,13-17,19-20H,5-7,9-12H2,1-4H3/b18-8+,23-15-/t19-,20?/m1/s1. The summed E-state index contributed by atoms with van der Waals surface area (Å²) in [5, 5.41) is 0. The van der Waals surface area contributed by atoms with Gasteiger partial charge in [0.05, 0.1) is 12.5 Å². The van der Waals surface area contributed by atoms with Crippen LogP contribution in [0.25, 0.3) is 0 Å². The molecule has 158 valence electrons. The van der Waals surface area contributed by atoms with Crippen LogP contribution in [0.1, 0.15) is 71.8 Å². The van der Waals surface area contributed by atoms with E-state index in [1.165, 1.54) is 11.1 Å². The maximum atomic E-state index is 12.4. The van der Waals surface area contributed by atoms with Crippen molar-refractivity contribution in [3.8, 4) is 0 Å². The quantitative estimate of drug-likeness (QED) is 0.305. The summed E-state index contributed by atoms with van der Waals surface area (Å²) in [5.41, 5.74) is 3.25. The number of furan rings is 1. The predicted octanol–water partition coefficient (Wildman–Crippen LogP) is 6.34. The molecule has 2 rings (SSSR count). The SMILES string of the molecule is CC1=C/C(=C/[C@H](C)CCC(=O)C(C)CCC/C(C)=C/CCc2ccoc2)OC1=O. The van der Waals surface area contributed by atoms with E-state index in [4.69, 9.17) is 9.15 Å². The Morgan fingerprint density at radius 1 is 1.21 bits per heavy atom. The number of Topliss-reactive ketones (excluding diaryl/α,β-unsaturated/α-hetero) is 1. The molecule has 4 heteroatoms. The molecule has 1 aliphatic heterocycles. The number of carbonyl (C=O) groups excluding carboxylic acids is 2. The molecule has 29 heavy (non-hydrogen) atoms. The van der Waals surface area contributed by atoms with Crippen LogP contribution in [0.5, 0.6) is 0 Å². The molecule has 2 heterocycles. The van der Waals surface area contributed by atoms with Gasteiger partial charge in [0.1, 0.15) is 11.5 Å². The molecule has 0 saturated carbocycles. The molecular weight excluding hydrogens is 364 g/mol. The highest BCUT2D eigenvalue weighted by atomic mass is 16.5. The Balaban J connectivity index is 1.62. The average molecular weight is 399 g/mol. The van der Waals surface area contributed by atoms with E-state index < -0.39 is 0 Å². The number of cyclic esters (lactones) is 1. The Bertz CT molecular complexity index is 765. The second kappa shape index (κ2) is 11.6. The Kier molecular flexibility index (Phi) is 9.17. The highest BCUT2D eigenvalue weighted by Gasteiger charge is 2.18. The number of esters is 1. The van der Waals surface area contributed by atoms with Crippen LogP contribution in [0.2, 0.25) is 0 Å². The third-order valence-corrected chi connectivity index (χ3v) is 5.45. The number of ketones is 1. The molecule has 0 saturated heterocycles. The molecule has 0 N–H and O–H groups in total. The highest BCUT2D eigenvalue weighted by Crippen LogP contribution is 2.21. The van der Waals surface area contributed by atoms with Gasteiger partial charge < -0.3 is 9.15 Å². The summed E-state index contributed by atoms with van der Waals surface area (Å²) < 4.78 is 10.2. The van der Waals surface area contributed by atoms with Gasteiger partial charge in [0.2, 0.25) is 0 Å². The zero-order valence-corrected chi connectivity index (χ0v) is 18.2. The Hall–Kier alpha value is -2.36. The number of aryl methyl sites for hydroxylation is 1. The van der Waals surface area contributed by atoms with E-state index in [2.05, 4.69) is 19.9 Å². The summed E-state index contributed by atoms with van der Waals surface area (Å²) in [6.07, 6.45) is 15.9. The lowest BCUT2D eigenvalue weighted by Crippen LogP contribution is -2.12. The molecule has 1 aliphatic rings. The molecule has 4 nitrogen and oxygen atoms in total. The number of ether oxygens (including phenoxy) is 1. The van der Waals surface area contributed by atoms with Crippen LogP contribution in [0.15, 0.2) is 58.1 Å². The molecule has 1 aromatic rings. The van der Waals surface area contributed by atoms with Crippen LogP contribution in [0.4, 0.5) is 0 Å². The van der Waals surface area contributed by atoms with Crippen molar-refractivity contribution >= 4 is 11.8 Å². The number of hydrogen-bond acceptors (Lipinski definition) is 4. The largest absolute Gasteiger partial charge is 0.472 e. The first-order chi connectivity index (χ1) is 13.8. The topological polar surface area (TPSA) is 56.5 Å². The van der Waals surface area contributed by atoms with Gasteiger partial charge >= 0.3 is 5.97 Å². The van der Waals surface area contributed by atoms with Crippen LogP contribution >= 0.6 is 0 Å². The fourth-order valence-electron chi connectivity index (χ4n) is 3.42. The third-order valence-electron chi connectivity index (χ3n) is 5.45. The normalized spacial score (nSPS) is 17.9. The monoisotopic (exact) mass is 398 g/mol. The minimum absolute atomic E-state index is 0.0973. The maximum absolute atomic E-state index is 12.4. The van der Waals surface area contributed by atoms with Gasteiger partial charge in [0, 0.05) is 17.9 Å². The van der Waals surface area contributed by atoms with E-state index >= 15 is 0 Å². The van der Waals surface area contributed by atoms with Crippen LogP contribution < -0.4 is 0 Å². The molecule has 1 aromatic heterocycles. The first kappa shape index (κ1) is 22.9. The van der Waals surface area contributed by atoms with Crippen LogP contribution in [0.3, 0.4) is 0 Å². The van der Waals surface area contributed by atoms with Gasteiger partial charge in [-0.15, -0.1) is 0 Å². The van der Waals surface area contributed by atoms with Gasteiger partial charge in [0.25, 0.3) is 0 Å². The third kappa shape index (κ3) is 8.26. The second-order valence-corrected chi connectivity index (χ2v) is 8.28. The van der Waals surface area contributed by atoms with Crippen molar-refractivity contribution < 1.29 is 18.7 Å². The number of carbonyl (C=O) groups is 2. The van der Waals surface area contributed by atoms with Crippen LogP contribution in [-0.4, -0.2) is 11.8 Å². The van der Waals surface area contributed by atoms with E-state index in [1.54, 1.807) is 25.5 Å². The number of rotatable bonds is 12. The van der Waals surface area contributed by atoms with E-state index in [9.17, 15) is 9.59 Å². The zero-order chi connectivity index (χ0) is 21.2. The van der Waals surface area contributed by atoms with Crippen molar-refractivity contribution in [1.29, 1.82) is 0 Å². The summed E-state index contributed by atoms with van der Waals surface area (Å²) in [4.78, 5) is 23.8. The van der Waals surface area contributed by atoms with E-state index in [1.807, 2.05) is 19.1 Å². The van der Waals surface area contributed by atoms with Crippen LogP contribution in [-0.2, 0) is 20.7 Å². The fraction of sp³-hybridized carbons (Fsp3) is 0.520. The van der Waals surface area contributed by atoms with Crippen molar-refractivity contribution in [2.45, 2.75) is 72.6 Å². The first-order valence-corrected chi connectivity index (χ1v) is 10.7. The van der Waals surface area contributed by atoms with E-state index in [-0.39, 0.29) is 17.8 Å². The van der Waals surface area contributed by atoms with E-state index in [0.717, 1.165) is 38.5 Å². The van der Waals surface area contributed by atoms with Crippen molar-refractivity contribution in [3.63, 3.8) is 0 Å². The van der Waals surface area contributed by atoms with Gasteiger partial charge in [-0.3, -0.25) is 4.79 Å². The maximum Gasteiger partial charge on any atom is 0.339 e. The summed E-state index contributed by atoms with van der Waals surface area (Å²) in [6.45, 7) is 8.00. The molecule has 1 unspecified atom stereocenters. The molecule has 2 atom stereocenters. The van der Waals surface area contributed by atoms with Gasteiger partial charge in [-0.2, -0.15) is 0 Å². The van der Waals surface area contributed by atoms with Crippen molar-refractivity contribution in [3.05, 3.63) is 59.3 Å². The summed E-state index contributed by atoms with van der Waals surface area (Å²) in [6, 6.07) is 2.01. The molecule has 0 fully saturated rings. The lowest BCUT2D eigenvalue weighted by molar-refractivity contribution is -0.133. The van der Waals surface area contributed by atoms with Gasteiger partial charge in [-0.05, 0) is 82.1 Å². The second-order valence-electron chi connectivity index (χ2n) is 8.28. The fourth-order valence-corrected chi connectivity index (χ4v) is 3.42. The smallest absolute Gasteiger partial charge is 0.339 e. The first-order valence-electron chi connectivity index (χ1n) is 10.7. The molecular formula is C25H34O4. The molecule has 0 aromatic carbocycles. The Morgan fingerprint density at radius 2 is 2.00 bits per heavy atom. The van der Waals surface area contributed by atoms with Crippen molar-refractivity contribution in [2.24, 2.45) is 11.8 Å². The summed E-state index contributed by atoms with van der Waals surface area (Å²) >= 11 is 0. The minimum Gasteiger partial charge on any atom is -0.472 e. The predicted molar refractivity (Wildman–Crippen MR) is 115 cm³/mol. The molecule has 0 amide bonds. The zero-order valence-electron chi connectivity index (χ0n) is 18.2. The van der Waals surface area contributed by atoms with Gasteiger partial charge in [0.15, 0.2) is 0 Å². The number of allylic oxidation sites excluding steroid dienone is 4. The summed E-state index contributed by atoms with van der Waals surface area (Å²) in [5.74, 6) is 0.956. The Morgan fingerprint density at radius 3 is 2.66 bits per heavy atom. The van der Waals surface area contributed by atoms with Crippen molar-refractivity contribution in [1.82, 2.24) is 0 Å². The Labute approximate surface area is 174 Å². The molecule has 0 spiro atoms.